The molecule has 2 aromatic rings. The molecule has 4 nitrogen and oxygen atoms in total. The zero-order valence-corrected chi connectivity index (χ0v) is 15.5. The largest absolute Gasteiger partial charge is 0.497 e. The number of amidine groups is 1. The van der Waals surface area contributed by atoms with Gasteiger partial charge >= 0.3 is 0 Å². The van der Waals surface area contributed by atoms with Crippen LogP contribution in [-0.2, 0) is 0 Å². The van der Waals surface area contributed by atoms with Gasteiger partial charge in [-0.1, -0.05) is 23.4 Å². The molecule has 0 radical (unpaired) electrons. The zero-order valence-electron chi connectivity index (χ0n) is 13.9. The standard InChI is InChI=1S/C19H19ClN2O2S/c1-24-17-9-7-16(8-10-17)22(19-21-11-2-12-25-19)13-18(23)14-3-5-15(20)6-4-14/h3-10H,2,11-13H2,1H3. The number of hydrogen-bond donors (Lipinski definition) is 0. The molecule has 1 aliphatic heterocycles. The molecule has 6 heteroatoms. The smallest absolute Gasteiger partial charge is 0.182 e. The lowest BCUT2D eigenvalue weighted by Crippen LogP contribution is -2.35. The Morgan fingerprint density at radius 2 is 1.92 bits per heavy atom. The Kier molecular flexibility index (Phi) is 6.00. The topological polar surface area (TPSA) is 41.9 Å². The van der Waals surface area contributed by atoms with Crippen molar-refractivity contribution in [1.82, 2.24) is 0 Å². The molecule has 0 fully saturated rings. The molecule has 0 aliphatic carbocycles. The summed E-state index contributed by atoms with van der Waals surface area (Å²) in [6.07, 6.45) is 1.07. The fraction of sp³-hybridized carbons (Fsp3) is 0.263. The highest BCUT2D eigenvalue weighted by Gasteiger charge is 2.20. The first-order valence-corrected chi connectivity index (χ1v) is 9.41. The molecular weight excluding hydrogens is 356 g/mol. The Labute approximate surface area is 156 Å². The highest BCUT2D eigenvalue weighted by molar-refractivity contribution is 8.14. The van der Waals surface area contributed by atoms with E-state index in [9.17, 15) is 4.79 Å². The molecule has 2 aromatic carbocycles. The molecule has 130 valence electrons. The van der Waals surface area contributed by atoms with Gasteiger partial charge in [-0.2, -0.15) is 0 Å². The van der Waals surface area contributed by atoms with Crippen molar-refractivity contribution in [1.29, 1.82) is 0 Å². The predicted octanol–water partition coefficient (Wildman–Crippen LogP) is 4.53. The van der Waals surface area contributed by atoms with Crippen molar-refractivity contribution in [2.24, 2.45) is 4.99 Å². The molecule has 0 spiro atoms. The lowest BCUT2D eigenvalue weighted by molar-refractivity contribution is 0.100. The Balaban J connectivity index is 1.86. The maximum absolute atomic E-state index is 12.7. The number of hydrogen-bond acceptors (Lipinski definition) is 5. The van der Waals surface area contributed by atoms with E-state index in [1.165, 1.54) is 0 Å². The zero-order chi connectivity index (χ0) is 17.6. The number of carbonyl (C=O) groups excluding carboxylic acids is 1. The van der Waals surface area contributed by atoms with E-state index in [1.54, 1.807) is 43.1 Å². The van der Waals surface area contributed by atoms with Crippen LogP contribution in [0.4, 0.5) is 5.69 Å². The molecule has 1 heterocycles. The predicted molar refractivity (Wildman–Crippen MR) is 105 cm³/mol. The third kappa shape index (κ3) is 4.55. The highest BCUT2D eigenvalue weighted by Crippen LogP contribution is 2.25. The van der Waals surface area contributed by atoms with Crippen LogP contribution in [0.3, 0.4) is 0 Å². The summed E-state index contributed by atoms with van der Waals surface area (Å²) in [4.78, 5) is 19.3. The molecule has 0 amide bonds. The van der Waals surface area contributed by atoms with E-state index >= 15 is 0 Å². The van der Waals surface area contributed by atoms with Gasteiger partial charge in [-0.15, -0.1) is 0 Å². The van der Waals surface area contributed by atoms with E-state index in [-0.39, 0.29) is 12.3 Å². The molecule has 0 saturated carbocycles. The van der Waals surface area contributed by atoms with Crippen LogP contribution in [0.15, 0.2) is 53.5 Å². The number of rotatable bonds is 5. The van der Waals surface area contributed by atoms with Crippen molar-refractivity contribution in [3.8, 4) is 5.75 Å². The van der Waals surface area contributed by atoms with Gasteiger partial charge in [0.25, 0.3) is 0 Å². The second-order valence-corrected chi connectivity index (χ2v) is 7.08. The van der Waals surface area contributed by atoms with Gasteiger partial charge in [-0.3, -0.25) is 9.79 Å². The van der Waals surface area contributed by atoms with Gasteiger partial charge in [0.05, 0.1) is 13.7 Å². The van der Waals surface area contributed by atoms with Crippen molar-refractivity contribution in [2.75, 3.05) is 30.9 Å². The van der Waals surface area contributed by atoms with Crippen molar-refractivity contribution in [3.05, 3.63) is 59.1 Å². The van der Waals surface area contributed by atoms with E-state index in [0.29, 0.717) is 10.6 Å². The second-order valence-electron chi connectivity index (χ2n) is 5.58. The molecular formula is C19H19ClN2O2S. The van der Waals surface area contributed by atoms with Gasteiger partial charge in [-0.05, 0) is 55.0 Å². The van der Waals surface area contributed by atoms with Crippen LogP contribution in [0.1, 0.15) is 16.8 Å². The summed E-state index contributed by atoms with van der Waals surface area (Å²) in [5, 5.41) is 1.51. The summed E-state index contributed by atoms with van der Waals surface area (Å²) >= 11 is 7.60. The number of nitrogens with zero attached hydrogens (tertiary/aromatic N) is 2. The summed E-state index contributed by atoms with van der Waals surface area (Å²) in [5.41, 5.74) is 1.57. The molecule has 0 atom stereocenters. The van der Waals surface area contributed by atoms with Crippen LogP contribution >= 0.6 is 23.4 Å². The number of ether oxygens (including phenoxy) is 1. The summed E-state index contributed by atoms with van der Waals surface area (Å²) < 4.78 is 5.22. The molecule has 0 bridgehead atoms. The van der Waals surface area contributed by atoms with Crippen LogP contribution < -0.4 is 9.64 Å². The second kappa shape index (κ2) is 8.41. The maximum atomic E-state index is 12.7. The van der Waals surface area contributed by atoms with Crippen LogP contribution in [0.5, 0.6) is 5.75 Å². The third-order valence-corrected chi connectivity index (χ3v) is 5.22. The monoisotopic (exact) mass is 374 g/mol. The van der Waals surface area contributed by atoms with Crippen molar-refractivity contribution in [2.45, 2.75) is 6.42 Å². The average Bonchev–Trinajstić information content (AvgIpc) is 2.67. The average molecular weight is 375 g/mol. The highest BCUT2D eigenvalue weighted by atomic mass is 35.5. The summed E-state index contributed by atoms with van der Waals surface area (Å²) in [6.45, 7) is 1.03. The molecule has 1 aliphatic rings. The molecule has 3 rings (SSSR count). The first-order chi connectivity index (χ1) is 12.2. The number of methoxy groups -OCH3 is 1. The number of carbonyl (C=O) groups is 1. The van der Waals surface area contributed by atoms with Crippen molar-refractivity contribution in [3.63, 3.8) is 0 Å². The minimum atomic E-state index is 0.0290. The lowest BCUT2D eigenvalue weighted by Gasteiger charge is -2.27. The van der Waals surface area contributed by atoms with Gasteiger partial charge in [-0.25, -0.2) is 0 Å². The van der Waals surface area contributed by atoms with Crippen molar-refractivity contribution >= 4 is 40.0 Å². The lowest BCUT2D eigenvalue weighted by atomic mass is 10.1. The molecule has 0 saturated heterocycles. The van der Waals surface area contributed by atoms with E-state index in [1.807, 2.05) is 29.2 Å². The fourth-order valence-corrected chi connectivity index (χ4v) is 3.60. The number of Topliss-reactive ketones (excluding diaryl/α,β-unsaturated/α-hetero) is 1. The normalized spacial score (nSPS) is 13.9. The van der Waals surface area contributed by atoms with E-state index in [2.05, 4.69) is 4.99 Å². The quantitative estimate of drug-likeness (QED) is 0.721. The SMILES string of the molecule is COc1ccc(N(CC(=O)c2ccc(Cl)cc2)C2=NCCCS2)cc1. The van der Waals surface area contributed by atoms with Gasteiger partial charge in [0.15, 0.2) is 11.0 Å². The Hall–Kier alpha value is -1.98. The number of halogens is 1. The minimum absolute atomic E-state index is 0.0290. The minimum Gasteiger partial charge on any atom is -0.497 e. The Morgan fingerprint density at radius 1 is 1.20 bits per heavy atom. The summed E-state index contributed by atoms with van der Waals surface area (Å²) in [6, 6.07) is 14.7. The van der Waals surface area contributed by atoms with Gasteiger partial charge < -0.3 is 9.64 Å². The number of benzene rings is 2. The number of ketones is 1. The third-order valence-electron chi connectivity index (χ3n) is 3.86. The first-order valence-electron chi connectivity index (χ1n) is 8.05. The van der Waals surface area contributed by atoms with E-state index in [4.69, 9.17) is 16.3 Å². The van der Waals surface area contributed by atoms with Gasteiger partial charge in [0, 0.05) is 28.6 Å². The van der Waals surface area contributed by atoms with E-state index in [0.717, 1.165) is 35.3 Å². The van der Waals surface area contributed by atoms with E-state index < -0.39 is 0 Å². The number of aliphatic imine (C=N–C) groups is 1. The van der Waals surface area contributed by atoms with Crippen LogP contribution in [-0.4, -0.2) is 36.9 Å². The fourth-order valence-electron chi connectivity index (χ4n) is 2.51. The number of thioether (sulfide) groups is 1. The van der Waals surface area contributed by atoms with Gasteiger partial charge in [0.1, 0.15) is 5.75 Å². The summed E-state index contributed by atoms with van der Waals surface area (Å²) in [5.74, 6) is 1.83. The Bertz CT molecular complexity index is 760. The maximum Gasteiger partial charge on any atom is 0.182 e. The van der Waals surface area contributed by atoms with Gasteiger partial charge in [0.2, 0.25) is 0 Å². The molecule has 0 aromatic heterocycles. The molecule has 0 N–H and O–H groups in total. The number of anilines is 1. The summed E-state index contributed by atoms with van der Waals surface area (Å²) in [7, 11) is 1.64. The van der Waals surface area contributed by atoms with Crippen LogP contribution in [0.25, 0.3) is 0 Å². The van der Waals surface area contributed by atoms with Crippen LogP contribution in [0, 0.1) is 0 Å². The van der Waals surface area contributed by atoms with Crippen molar-refractivity contribution < 1.29 is 9.53 Å². The molecule has 0 unspecified atom stereocenters. The Morgan fingerprint density at radius 3 is 2.52 bits per heavy atom. The first kappa shape index (κ1) is 17.8. The van der Waals surface area contributed by atoms with Crippen LogP contribution in [0.2, 0.25) is 5.02 Å². The molecule has 25 heavy (non-hydrogen) atoms.